The molecule has 0 saturated heterocycles. The summed E-state index contributed by atoms with van der Waals surface area (Å²) in [5, 5.41) is 0. The Morgan fingerprint density at radius 2 is 1.65 bits per heavy atom. The molecule has 0 atom stereocenters. The van der Waals surface area contributed by atoms with Gasteiger partial charge in [0.1, 0.15) is 0 Å². The van der Waals surface area contributed by atoms with E-state index in [0.717, 1.165) is 30.4 Å². The number of pyridine rings is 1. The van der Waals surface area contributed by atoms with Gasteiger partial charge in [-0.1, -0.05) is 30.0 Å². The van der Waals surface area contributed by atoms with Crippen LogP contribution in [0.2, 0.25) is 0 Å². The van der Waals surface area contributed by atoms with E-state index in [9.17, 15) is 0 Å². The largest absolute Gasteiger partial charge is 0.264 e. The zero-order valence-corrected chi connectivity index (χ0v) is 9.61. The number of rotatable bonds is 0. The lowest BCUT2D eigenvalue weighted by atomic mass is 10.0. The Labute approximate surface area is 102 Å². The molecule has 0 aliphatic heterocycles. The number of hydrogen-bond acceptors (Lipinski definition) is 1. The first kappa shape index (κ1) is 10.1. The van der Waals surface area contributed by atoms with Crippen molar-refractivity contribution in [2.75, 3.05) is 0 Å². The molecule has 1 aliphatic rings. The van der Waals surface area contributed by atoms with E-state index in [4.69, 9.17) is 0 Å². The molecule has 82 valence electrons. The van der Waals surface area contributed by atoms with Crippen molar-refractivity contribution >= 4 is 0 Å². The predicted octanol–water partition coefficient (Wildman–Crippen LogP) is 2.97. The van der Waals surface area contributed by atoms with Gasteiger partial charge in [-0.15, -0.1) is 0 Å². The molecule has 0 N–H and O–H groups in total. The molecule has 0 amide bonds. The minimum Gasteiger partial charge on any atom is -0.264 e. The summed E-state index contributed by atoms with van der Waals surface area (Å²) in [6.07, 6.45) is 7.07. The number of aryl methyl sites for hydroxylation is 2. The van der Waals surface area contributed by atoms with E-state index < -0.39 is 0 Å². The van der Waals surface area contributed by atoms with Crippen LogP contribution in [0.1, 0.15) is 28.7 Å². The standard InChI is InChI=1S/C16H13N/c1-2-5-14-8-9-15-10-11-17-12-16(15)7-3-6-13(14)4-1/h1-2,4-5,10-12H,3,6-7H2. The summed E-state index contributed by atoms with van der Waals surface area (Å²) < 4.78 is 0. The molecule has 1 nitrogen and oxygen atoms in total. The van der Waals surface area contributed by atoms with E-state index in [0.29, 0.717) is 0 Å². The highest BCUT2D eigenvalue weighted by Crippen LogP contribution is 2.16. The van der Waals surface area contributed by atoms with Crippen molar-refractivity contribution in [1.82, 2.24) is 4.98 Å². The molecule has 1 heteroatoms. The van der Waals surface area contributed by atoms with Crippen LogP contribution in [-0.4, -0.2) is 4.98 Å². The van der Waals surface area contributed by atoms with Crippen LogP contribution in [0.3, 0.4) is 0 Å². The lowest BCUT2D eigenvalue weighted by molar-refractivity contribution is 0.815. The Bertz CT molecular complexity index is 551. The average molecular weight is 219 g/mol. The van der Waals surface area contributed by atoms with Crippen LogP contribution in [-0.2, 0) is 12.8 Å². The minimum absolute atomic E-state index is 1.06. The van der Waals surface area contributed by atoms with Gasteiger partial charge in [-0.2, -0.15) is 0 Å². The van der Waals surface area contributed by atoms with Crippen LogP contribution in [0, 0.1) is 11.8 Å². The summed E-state index contributed by atoms with van der Waals surface area (Å²) >= 11 is 0. The first-order chi connectivity index (χ1) is 8.43. The van der Waals surface area contributed by atoms with E-state index in [2.05, 4.69) is 41.1 Å². The van der Waals surface area contributed by atoms with Gasteiger partial charge in [-0.05, 0) is 42.5 Å². The fourth-order valence-corrected chi connectivity index (χ4v) is 2.21. The Morgan fingerprint density at radius 3 is 2.59 bits per heavy atom. The maximum absolute atomic E-state index is 4.18. The monoisotopic (exact) mass is 219 g/mol. The Kier molecular flexibility index (Phi) is 2.63. The van der Waals surface area contributed by atoms with Gasteiger partial charge in [0.15, 0.2) is 0 Å². The second-order valence-electron chi connectivity index (χ2n) is 4.29. The maximum Gasteiger partial charge on any atom is 0.0312 e. The summed E-state index contributed by atoms with van der Waals surface area (Å²) in [6.45, 7) is 0. The minimum atomic E-state index is 1.06. The van der Waals surface area contributed by atoms with Crippen molar-refractivity contribution in [2.45, 2.75) is 19.3 Å². The highest BCUT2D eigenvalue weighted by atomic mass is 14.6. The number of benzene rings is 1. The Morgan fingerprint density at radius 1 is 0.882 bits per heavy atom. The fraction of sp³-hybridized carbons (Fsp3) is 0.188. The summed E-state index contributed by atoms with van der Waals surface area (Å²) in [4.78, 5) is 4.18. The van der Waals surface area contributed by atoms with Crippen molar-refractivity contribution < 1.29 is 0 Å². The van der Waals surface area contributed by atoms with Gasteiger partial charge in [0.2, 0.25) is 0 Å². The first-order valence-corrected chi connectivity index (χ1v) is 5.96. The molecule has 1 aromatic carbocycles. The van der Waals surface area contributed by atoms with Crippen molar-refractivity contribution in [1.29, 1.82) is 0 Å². The first-order valence-electron chi connectivity index (χ1n) is 5.96. The van der Waals surface area contributed by atoms with Gasteiger partial charge < -0.3 is 0 Å². The van der Waals surface area contributed by atoms with E-state index >= 15 is 0 Å². The maximum atomic E-state index is 4.18. The third kappa shape index (κ3) is 2.07. The van der Waals surface area contributed by atoms with Crippen LogP contribution in [0.25, 0.3) is 0 Å². The zero-order chi connectivity index (χ0) is 11.5. The molecule has 3 rings (SSSR count). The molecule has 0 spiro atoms. The molecule has 0 bridgehead atoms. The van der Waals surface area contributed by atoms with Crippen molar-refractivity contribution in [2.24, 2.45) is 0 Å². The Balaban J connectivity index is 2.11. The van der Waals surface area contributed by atoms with Crippen LogP contribution >= 0.6 is 0 Å². The van der Waals surface area contributed by atoms with Crippen molar-refractivity contribution in [3.05, 3.63) is 65.0 Å². The topological polar surface area (TPSA) is 12.9 Å². The van der Waals surface area contributed by atoms with Crippen LogP contribution in [0.15, 0.2) is 42.7 Å². The van der Waals surface area contributed by atoms with Gasteiger partial charge in [-0.25, -0.2) is 0 Å². The number of nitrogens with zero attached hydrogens (tertiary/aromatic N) is 1. The normalized spacial score (nSPS) is 13.2. The molecule has 1 aliphatic carbocycles. The van der Waals surface area contributed by atoms with Gasteiger partial charge >= 0.3 is 0 Å². The van der Waals surface area contributed by atoms with E-state index in [1.807, 2.05) is 18.5 Å². The fourth-order valence-electron chi connectivity index (χ4n) is 2.21. The number of hydrogen-bond donors (Lipinski definition) is 0. The molecule has 17 heavy (non-hydrogen) atoms. The third-order valence-corrected chi connectivity index (χ3v) is 3.15. The average Bonchev–Trinajstić information content (AvgIpc) is 2.47. The van der Waals surface area contributed by atoms with Gasteiger partial charge in [0.05, 0.1) is 0 Å². The summed E-state index contributed by atoms with van der Waals surface area (Å²) in [5.74, 6) is 6.55. The molecule has 0 fully saturated rings. The quantitative estimate of drug-likeness (QED) is 0.621. The summed E-state index contributed by atoms with van der Waals surface area (Å²) in [5.41, 5.74) is 4.92. The molecule has 1 aromatic heterocycles. The number of fused-ring (bicyclic) bond motifs is 2. The summed E-state index contributed by atoms with van der Waals surface area (Å²) in [6, 6.07) is 10.4. The lowest BCUT2D eigenvalue weighted by Crippen LogP contribution is -1.94. The number of aromatic nitrogens is 1. The molecule has 2 aromatic rings. The van der Waals surface area contributed by atoms with Gasteiger partial charge in [0, 0.05) is 23.5 Å². The zero-order valence-electron chi connectivity index (χ0n) is 9.61. The van der Waals surface area contributed by atoms with E-state index in [1.54, 1.807) is 0 Å². The highest BCUT2D eigenvalue weighted by molar-refractivity contribution is 5.49. The highest BCUT2D eigenvalue weighted by Gasteiger charge is 2.05. The van der Waals surface area contributed by atoms with Crippen molar-refractivity contribution in [3.63, 3.8) is 0 Å². The van der Waals surface area contributed by atoms with E-state index in [1.165, 1.54) is 11.1 Å². The smallest absolute Gasteiger partial charge is 0.0312 e. The van der Waals surface area contributed by atoms with Gasteiger partial charge in [-0.3, -0.25) is 4.98 Å². The molecule has 0 saturated carbocycles. The van der Waals surface area contributed by atoms with Crippen LogP contribution < -0.4 is 0 Å². The van der Waals surface area contributed by atoms with Crippen molar-refractivity contribution in [3.8, 4) is 11.8 Å². The predicted molar refractivity (Wildman–Crippen MR) is 68.7 cm³/mol. The SMILES string of the molecule is C1#Cc2ccncc2CCCc2ccccc21. The molecular weight excluding hydrogens is 206 g/mol. The Hall–Kier alpha value is -2.07. The molecular formula is C16H13N. The lowest BCUT2D eigenvalue weighted by Gasteiger charge is -2.04. The second-order valence-corrected chi connectivity index (χ2v) is 4.29. The van der Waals surface area contributed by atoms with Gasteiger partial charge in [0.25, 0.3) is 0 Å². The molecule has 0 unspecified atom stereocenters. The summed E-state index contributed by atoms with van der Waals surface area (Å²) in [7, 11) is 0. The third-order valence-electron chi connectivity index (χ3n) is 3.15. The second kappa shape index (κ2) is 4.43. The molecule has 0 radical (unpaired) electrons. The van der Waals surface area contributed by atoms with E-state index in [-0.39, 0.29) is 0 Å². The molecule has 1 heterocycles. The van der Waals surface area contributed by atoms with Crippen LogP contribution in [0.5, 0.6) is 0 Å². The van der Waals surface area contributed by atoms with Crippen LogP contribution in [0.4, 0.5) is 0 Å².